The maximum Gasteiger partial charge on any atom is 0.344 e. The van der Waals surface area contributed by atoms with Crippen LogP contribution in [0, 0.1) is 13.8 Å². The molecule has 0 atom stereocenters. The van der Waals surface area contributed by atoms with Crippen LogP contribution in [0.15, 0.2) is 48.5 Å². The molecule has 1 heterocycles. The van der Waals surface area contributed by atoms with Gasteiger partial charge in [-0.2, -0.15) is 5.10 Å². The number of benzene rings is 2. The number of halogens is 1. The number of ether oxygens (including phenoxy) is 1. The van der Waals surface area contributed by atoms with Gasteiger partial charge in [-0.1, -0.05) is 50.1 Å². The molecule has 0 saturated carbocycles. The van der Waals surface area contributed by atoms with E-state index in [9.17, 15) is 4.79 Å². The number of esters is 1. The summed E-state index contributed by atoms with van der Waals surface area (Å²) >= 11 is 5.90. The first-order chi connectivity index (χ1) is 12.6. The van der Waals surface area contributed by atoms with Gasteiger partial charge >= 0.3 is 5.97 Å². The minimum Gasteiger partial charge on any atom is -0.404 e. The van der Waals surface area contributed by atoms with Crippen molar-refractivity contribution in [3.63, 3.8) is 0 Å². The van der Waals surface area contributed by atoms with Gasteiger partial charge < -0.3 is 4.74 Å². The van der Waals surface area contributed by atoms with Crippen LogP contribution in [0.25, 0.3) is 5.69 Å². The minimum atomic E-state index is -0.446. The normalized spacial score (nSPS) is 11.5. The summed E-state index contributed by atoms with van der Waals surface area (Å²) < 4.78 is 7.40. The van der Waals surface area contributed by atoms with E-state index in [-0.39, 0.29) is 5.41 Å². The molecule has 0 radical (unpaired) electrons. The van der Waals surface area contributed by atoms with E-state index in [0.717, 1.165) is 16.9 Å². The highest BCUT2D eigenvalue weighted by molar-refractivity contribution is 6.30. The van der Waals surface area contributed by atoms with Gasteiger partial charge in [0.25, 0.3) is 0 Å². The Bertz CT molecular complexity index is 983. The molecule has 3 rings (SSSR count). The number of nitrogens with zero attached hydrogens (tertiary/aromatic N) is 2. The van der Waals surface area contributed by atoms with Crippen molar-refractivity contribution in [2.24, 2.45) is 0 Å². The summed E-state index contributed by atoms with van der Waals surface area (Å²) in [6.45, 7) is 10.3. The Morgan fingerprint density at radius 2 is 1.70 bits per heavy atom. The van der Waals surface area contributed by atoms with Crippen molar-refractivity contribution >= 4 is 17.6 Å². The van der Waals surface area contributed by atoms with Gasteiger partial charge in [0.05, 0.1) is 16.9 Å². The monoisotopic (exact) mass is 382 g/mol. The zero-order chi connectivity index (χ0) is 19.8. The second-order valence-electron chi connectivity index (χ2n) is 7.72. The summed E-state index contributed by atoms with van der Waals surface area (Å²) in [4.78, 5) is 12.6. The number of aromatic nitrogens is 2. The summed E-state index contributed by atoms with van der Waals surface area (Å²) in [5.74, 6) is -0.0510. The third-order valence-electron chi connectivity index (χ3n) is 4.30. The van der Waals surface area contributed by atoms with E-state index in [1.165, 1.54) is 5.56 Å². The van der Waals surface area contributed by atoms with Gasteiger partial charge in [0.1, 0.15) is 0 Å². The van der Waals surface area contributed by atoms with Gasteiger partial charge in [-0.05, 0) is 49.7 Å². The molecule has 0 amide bonds. The van der Waals surface area contributed by atoms with Crippen LogP contribution in [-0.2, 0) is 5.41 Å². The molecular weight excluding hydrogens is 360 g/mol. The Balaban J connectivity index is 2.04. The van der Waals surface area contributed by atoms with E-state index in [4.69, 9.17) is 21.4 Å². The van der Waals surface area contributed by atoms with E-state index >= 15 is 0 Å². The van der Waals surface area contributed by atoms with Crippen LogP contribution in [0.2, 0.25) is 5.02 Å². The highest BCUT2D eigenvalue weighted by Gasteiger charge is 2.23. The zero-order valence-electron chi connectivity index (χ0n) is 16.2. The van der Waals surface area contributed by atoms with Crippen LogP contribution in [0.5, 0.6) is 5.88 Å². The van der Waals surface area contributed by atoms with Crippen molar-refractivity contribution in [2.75, 3.05) is 0 Å². The van der Waals surface area contributed by atoms with Crippen LogP contribution in [0.3, 0.4) is 0 Å². The predicted octanol–water partition coefficient (Wildman–Crippen LogP) is 5.66. The molecule has 2 aromatic carbocycles. The fourth-order valence-corrected chi connectivity index (χ4v) is 2.88. The lowest BCUT2D eigenvalue weighted by atomic mass is 9.93. The van der Waals surface area contributed by atoms with E-state index < -0.39 is 5.97 Å². The predicted molar refractivity (Wildman–Crippen MR) is 108 cm³/mol. The Morgan fingerprint density at radius 3 is 2.30 bits per heavy atom. The molecule has 27 heavy (non-hydrogen) atoms. The summed E-state index contributed by atoms with van der Waals surface area (Å²) in [5, 5.41) is 5.29. The van der Waals surface area contributed by atoms with Crippen LogP contribution >= 0.6 is 11.6 Å². The fraction of sp³-hybridized carbons (Fsp3) is 0.273. The van der Waals surface area contributed by atoms with Crippen molar-refractivity contribution in [2.45, 2.75) is 40.0 Å². The number of aryl methyl sites for hydroxylation is 2. The van der Waals surface area contributed by atoms with Crippen LogP contribution in [0.4, 0.5) is 0 Å². The van der Waals surface area contributed by atoms with Gasteiger partial charge in [-0.25, -0.2) is 9.48 Å². The summed E-state index contributed by atoms with van der Waals surface area (Å²) in [6.07, 6.45) is 0. The molecule has 0 N–H and O–H groups in total. The Hall–Kier alpha value is -2.59. The second kappa shape index (κ2) is 7.20. The fourth-order valence-electron chi connectivity index (χ4n) is 2.76. The minimum absolute atomic E-state index is 0.175. The third-order valence-corrected chi connectivity index (χ3v) is 4.55. The first kappa shape index (κ1) is 19.2. The van der Waals surface area contributed by atoms with E-state index in [0.29, 0.717) is 16.5 Å². The Labute approximate surface area is 164 Å². The molecule has 5 heteroatoms. The number of rotatable bonds is 3. The Kier molecular flexibility index (Phi) is 5.11. The molecule has 4 nitrogen and oxygen atoms in total. The number of hydrogen-bond donors (Lipinski definition) is 0. The molecule has 0 aliphatic heterocycles. The first-order valence-corrected chi connectivity index (χ1v) is 9.19. The lowest BCUT2D eigenvalue weighted by Crippen LogP contribution is -2.13. The summed E-state index contributed by atoms with van der Waals surface area (Å²) in [7, 11) is 0. The first-order valence-electron chi connectivity index (χ1n) is 8.81. The second-order valence-corrected chi connectivity index (χ2v) is 8.15. The largest absolute Gasteiger partial charge is 0.404 e. The van der Waals surface area contributed by atoms with Crippen molar-refractivity contribution in [1.82, 2.24) is 9.78 Å². The van der Waals surface area contributed by atoms with Gasteiger partial charge in [-0.15, -0.1) is 0 Å². The van der Waals surface area contributed by atoms with Crippen LogP contribution in [-0.4, -0.2) is 15.7 Å². The van der Waals surface area contributed by atoms with Gasteiger partial charge in [0.15, 0.2) is 0 Å². The molecule has 0 bridgehead atoms. The molecule has 0 spiro atoms. The average molecular weight is 383 g/mol. The summed E-state index contributed by atoms with van der Waals surface area (Å²) in [5.41, 5.74) is 4.22. The van der Waals surface area contributed by atoms with Crippen LogP contribution in [0.1, 0.15) is 48.0 Å². The molecule has 0 aliphatic rings. The quantitative estimate of drug-likeness (QED) is 0.549. The maximum absolute atomic E-state index is 12.6. The molecule has 0 unspecified atom stereocenters. The number of carbonyl (C=O) groups excluding carboxylic acids is 1. The maximum atomic E-state index is 12.6. The van der Waals surface area contributed by atoms with Crippen molar-refractivity contribution < 1.29 is 9.53 Å². The van der Waals surface area contributed by atoms with Gasteiger partial charge in [0, 0.05) is 16.5 Å². The SMILES string of the molecule is Cc1ccc(-n2nc(C(C)(C)C)cc2OC(=O)c2ccc(Cl)cc2)c(C)c1. The molecule has 3 aromatic rings. The lowest BCUT2D eigenvalue weighted by molar-refractivity contribution is 0.0723. The molecular formula is C22H23ClN2O2. The highest BCUT2D eigenvalue weighted by atomic mass is 35.5. The van der Waals surface area contributed by atoms with Gasteiger partial charge in [-0.3, -0.25) is 0 Å². The van der Waals surface area contributed by atoms with Crippen molar-refractivity contribution in [3.8, 4) is 11.6 Å². The molecule has 0 fully saturated rings. The standard InChI is InChI=1S/C22H23ClN2O2/c1-14-6-11-18(15(2)12-14)25-20(13-19(24-25)22(3,4)5)27-21(26)16-7-9-17(23)10-8-16/h6-13H,1-5H3. The Morgan fingerprint density at radius 1 is 1.04 bits per heavy atom. The number of carbonyl (C=O) groups is 1. The molecule has 140 valence electrons. The topological polar surface area (TPSA) is 44.1 Å². The molecule has 1 aromatic heterocycles. The smallest absolute Gasteiger partial charge is 0.344 e. The zero-order valence-corrected chi connectivity index (χ0v) is 17.0. The lowest BCUT2D eigenvalue weighted by Gasteiger charge is -2.14. The highest BCUT2D eigenvalue weighted by Crippen LogP contribution is 2.29. The molecule has 0 saturated heterocycles. The van der Waals surface area contributed by atoms with Crippen LogP contribution < -0.4 is 4.74 Å². The van der Waals surface area contributed by atoms with E-state index in [1.807, 2.05) is 32.0 Å². The summed E-state index contributed by atoms with van der Waals surface area (Å²) in [6, 6.07) is 14.5. The average Bonchev–Trinajstić information content (AvgIpc) is 2.99. The van der Waals surface area contributed by atoms with Crippen molar-refractivity contribution in [3.05, 3.63) is 75.9 Å². The van der Waals surface area contributed by atoms with Crippen molar-refractivity contribution in [1.29, 1.82) is 0 Å². The third kappa shape index (κ3) is 4.22. The number of hydrogen-bond acceptors (Lipinski definition) is 3. The van der Waals surface area contributed by atoms with E-state index in [2.05, 4.69) is 26.8 Å². The van der Waals surface area contributed by atoms with Gasteiger partial charge in [0.2, 0.25) is 5.88 Å². The van der Waals surface area contributed by atoms with E-state index in [1.54, 1.807) is 28.9 Å². The molecule has 0 aliphatic carbocycles.